The van der Waals surface area contributed by atoms with Crippen LogP contribution in [0.2, 0.25) is 0 Å². The van der Waals surface area contributed by atoms with Gasteiger partial charge in [-0.3, -0.25) is 4.90 Å². The van der Waals surface area contributed by atoms with Crippen molar-refractivity contribution in [2.24, 2.45) is 5.92 Å². The lowest BCUT2D eigenvalue weighted by molar-refractivity contribution is 0.195. The quantitative estimate of drug-likeness (QED) is 0.757. The van der Waals surface area contributed by atoms with Gasteiger partial charge in [0.2, 0.25) is 0 Å². The van der Waals surface area contributed by atoms with E-state index in [9.17, 15) is 0 Å². The van der Waals surface area contributed by atoms with Crippen molar-refractivity contribution in [1.29, 1.82) is 0 Å². The molecule has 0 radical (unpaired) electrons. The Morgan fingerprint density at radius 1 is 1.43 bits per heavy atom. The van der Waals surface area contributed by atoms with Crippen LogP contribution in [0.1, 0.15) is 19.3 Å². The fourth-order valence-electron chi connectivity index (χ4n) is 2.00. The second kappa shape index (κ2) is 7.27. The summed E-state index contributed by atoms with van der Waals surface area (Å²) in [5.74, 6) is 0.929. The molecule has 0 aliphatic carbocycles. The first-order valence-corrected chi connectivity index (χ1v) is 5.92. The van der Waals surface area contributed by atoms with E-state index >= 15 is 0 Å². The average molecular weight is 217 g/mol. The normalized spacial score (nSPS) is 20.7. The Bertz CT molecular complexity index is 163. The zero-order chi connectivity index (χ0) is 10.2. The first-order chi connectivity index (χ1) is 6.86. The predicted molar refractivity (Wildman–Crippen MR) is 62.7 cm³/mol. The fourth-order valence-corrected chi connectivity index (χ4v) is 2.07. The highest BCUT2D eigenvalue weighted by molar-refractivity contribution is 6.25. The molecule has 0 spiro atoms. The van der Waals surface area contributed by atoms with Gasteiger partial charge in [-0.05, 0) is 51.9 Å². The molecular formula is C11H21ClN2. The summed E-state index contributed by atoms with van der Waals surface area (Å²) in [5, 5.41) is 3.22. The number of hydrogen-bond acceptors (Lipinski definition) is 2. The molecule has 1 rings (SSSR count). The Balaban J connectivity index is 2.11. The van der Waals surface area contributed by atoms with E-state index in [0.29, 0.717) is 0 Å². The maximum atomic E-state index is 5.50. The van der Waals surface area contributed by atoms with Crippen molar-refractivity contribution in [1.82, 2.24) is 10.2 Å². The number of hydrogen-bond donors (Lipinski definition) is 1. The van der Waals surface area contributed by atoms with Gasteiger partial charge in [0.15, 0.2) is 0 Å². The minimum atomic E-state index is 0.929. The van der Waals surface area contributed by atoms with Gasteiger partial charge in [0.25, 0.3) is 0 Å². The highest BCUT2D eigenvalue weighted by Gasteiger charge is 2.17. The molecule has 0 bridgehead atoms. The van der Waals surface area contributed by atoms with Gasteiger partial charge >= 0.3 is 0 Å². The Morgan fingerprint density at radius 3 is 2.71 bits per heavy atom. The second-order valence-corrected chi connectivity index (χ2v) is 4.25. The Hall–Kier alpha value is -0.0500. The van der Waals surface area contributed by atoms with Crippen LogP contribution in [0.5, 0.6) is 0 Å². The molecule has 0 atom stereocenters. The van der Waals surface area contributed by atoms with Gasteiger partial charge in [-0.2, -0.15) is 0 Å². The highest BCUT2D eigenvalue weighted by Crippen LogP contribution is 2.19. The molecule has 1 aliphatic rings. The molecule has 0 unspecified atom stereocenters. The van der Waals surface area contributed by atoms with Crippen LogP contribution < -0.4 is 5.32 Å². The van der Waals surface area contributed by atoms with Gasteiger partial charge in [-0.25, -0.2) is 0 Å². The molecule has 1 aliphatic heterocycles. The van der Waals surface area contributed by atoms with Crippen molar-refractivity contribution >= 4 is 11.6 Å². The Morgan fingerprint density at radius 2 is 2.14 bits per heavy atom. The van der Waals surface area contributed by atoms with Crippen molar-refractivity contribution in [3.63, 3.8) is 0 Å². The molecule has 0 aromatic carbocycles. The molecule has 0 aromatic rings. The monoisotopic (exact) mass is 216 g/mol. The van der Waals surface area contributed by atoms with Crippen LogP contribution >= 0.6 is 11.6 Å². The second-order valence-electron chi connectivity index (χ2n) is 4.00. The molecule has 1 fully saturated rings. The van der Waals surface area contributed by atoms with Crippen molar-refractivity contribution in [2.75, 3.05) is 33.2 Å². The molecule has 0 amide bonds. The lowest BCUT2D eigenvalue weighted by Crippen LogP contribution is -2.34. The summed E-state index contributed by atoms with van der Waals surface area (Å²) in [6, 6.07) is 0. The number of nitrogens with zero attached hydrogens (tertiary/aromatic N) is 1. The number of piperidine rings is 1. The van der Waals surface area contributed by atoms with Crippen LogP contribution in [-0.2, 0) is 0 Å². The summed E-state index contributed by atoms with van der Waals surface area (Å²) in [7, 11) is 2.03. The predicted octanol–water partition coefficient (Wildman–Crippen LogP) is 2.06. The van der Waals surface area contributed by atoms with E-state index in [0.717, 1.165) is 19.0 Å². The highest BCUT2D eigenvalue weighted by atomic mass is 35.5. The van der Waals surface area contributed by atoms with Crippen LogP contribution in [-0.4, -0.2) is 38.1 Å². The molecule has 14 heavy (non-hydrogen) atoms. The third-order valence-electron chi connectivity index (χ3n) is 2.96. The van der Waals surface area contributed by atoms with E-state index in [4.69, 9.17) is 11.6 Å². The maximum absolute atomic E-state index is 5.50. The number of likely N-dealkylation sites (tertiary alicyclic amines) is 1. The van der Waals surface area contributed by atoms with Gasteiger partial charge in [-0.15, -0.1) is 0 Å². The zero-order valence-corrected chi connectivity index (χ0v) is 9.76. The van der Waals surface area contributed by atoms with Gasteiger partial charge in [0.05, 0.1) is 0 Å². The van der Waals surface area contributed by atoms with Crippen LogP contribution in [0.4, 0.5) is 0 Å². The van der Waals surface area contributed by atoms with Gasteiger partial charge in [-0.1, -0.05) is 17.7 Å². The number of halogens is 1. The van der Waals surface area contributed by atoms with Crippen molar-refractivity contribution < 1.29 is 0 Å². The molecule has 3 heteroatoms. The Kier molecular flexibility index (Phi) is 6.24. The minimum absolute atomic E-state index is 0.929. The molecule has 2 nitrogen and oxygen atoms in total. The van der Waals surface area contributed by atoms with E-state index in [1.54, 1.807) is 5.54 Å². The van der Waals surface area contributed by atoms with E-state index in [-0.39, 0.29) is 0 Å². The van der Waals surface area contributed by atoms with Crippen molar-refractivity contribution in [3.05, 3.63) is 11.6 Å². The standard InChI is InChI=1S/C11H21ClN2/c1-13-7-3-11-4-9-14(10-5-11)8-2-6-12/h2,6,11,13H,3-5,7-10H2,1H3. The summed E-state index contributed by atoms with van der Waals surface area (Å²) in [5.41, 5.74) is 1.62. The molecule has 1 N–H and O–H groups in total. The SMILES string of the molecule is CNCCC1CCN(CC=CCl)CC1. The van der Waals surface area contributed by atoms with Gasteiger partial charge in [0, 0.05) is 12.1 Å². The summed E-state index contributed by atoms with van der Waals surface area (Å²) in [6.07, 6.45) is 6.04. The van der Waals surface area contributed by atoms with Crippen LogP contribution in [0.15, 0.2) is 11.6 Å². The largest absolute Gasteiger partial charge is 0.320 e. The van der Waals surface area contributed by atoms with Gasteiger partial charge in [0.1, 0.15) is 0 Å². The third kappa shape index (κ3) is 4.45. The first-order valence-electron chi connectivity index (χ1n) is 5.49. The van der Waals surface area contributed by atoms with Crippen molar-refractivity contribution in [2.45, 2.75) is 19.3 Å². The molecule has 82 valence electrons. The maximum Gasteiger partial charge on any atom is 0.0174 e. The zero-order valence-electron chi connectivity index (χ0n) is 9.01. The van der Waals surface area contributed by atoms with Crippen molar-refractivity contribution in [3.8, 4) is 0 Å². The lowest BCUT2D eigenvalue weighted by Gasteiger charge is -2.31. The van der Waals surface area contributed by atoms with Crippen LogP contribution in [0, 0.1) is 5.92 Å². The van der Waals surface area contributed by atoms with E-state index in [1.807, 2.05) is 13.1 Å². The molecular weight excluding hydrogens is 196 g/mol. The summed E-state index contributed by atoms with van der Waals surface area (Å²) < 4.78 is 0. The number of nitrogens with one attached hydrogen (secondary N) is 1. The van der Waals surface area contributed by atoms with Crippen LogP contribution in [0.25, 0.3) is 0 Å². The third-order valence-corrected chi connectivity index (χ3v) is 3.14. The molecule has 0 saturated carbocycles. The molecule has 1 saturated heterocycles. The van der Waals surface area contributed by atoms with E-state index in [2.05, 4.69) is 10.2 Å². The summed E-state index contributed by atoms with van der Waals surface area (Å²) in [6.45, 7) is 4.64. The summed E-state index contributed by atoms with van der Waals surface area (Å²) >= 11 is 5.50. The average Bonchev–Trinajstić information content (AvgIpc) is 2.25. The fraction of sp³-hybridized carbons (Fsp3) is 0.818. The van der Waals surface area contributed by atoms with E-state index < -0.39 is 0 Å². The Labute approximate surface area is 92.3 Å². The summed E-state index contributed by atoms with van der Waals surface area (Å²) in [4.78, 5) is 2.47. The first kappa shape index (κ1) is 12.0. The smallest absolute Gasteiger partial charge is 0.0174 e. The lowest BCUT2D eigenvalue weighted by atomic mass is 9.93. The molecule has 0 aromatic heterocycles. The topological polar surface area (TPSA) is 15.3 Å². The number of rotatable bonds is 5. The molecule has 1 heterocycles. The minimum Gasteiger partial charge on any atom is -0.320 e. The van der Waals surface area contributed by atoms with E-state index in [1.165, 1.54) is 32.4 Å². The van der Waals surface area contributed by atoms with Gasteiger partial charge < -0.3 is 5.32 Å². The van der Waals surface area contributed by atoms with Crippen LogP contribution in [0.3, 0.4) is 0 Å².